The lowest BCUT2D eigenvalue weighted by Crippen LogP contribution is -2.47. The predicted molar refractivity (Wildman–Crippen MR) is 94.4 cm³/mol. The molecule has 2 aliphatic rings. The molecule has 1 atom stereocenters. The van der Waals surface area contributed by atoms with E-state index in [1.165, 1.54) is 0 Å². The number of nitrogens with zero attached hydrogens (tertiary/aromatic N) is 1. The van der Waals surface area contributed by atoms with Gasteiger partial charge >= 0.3 is 6.03 Å². The van der Waals surface area contributed by atoms with Gasteiger partial charge in [0.2, 0.25) is 0 Å². The lowest BCUT2D eigenvalue weighted by atomic mass is 9.86. The maximum atomic E-state index is 12.6. The Morgan fingerprint density at radius 2 is 1.92 bits per heavy atom. The molecule has 1 N–H and O–H groups in total. The van der Waals surface area contributed by atoms with Crippen LogP contribution in [0, 0.1) is 0 Å². The molecule has 1 aromatic carbocycles. The molecule has 1 aromatic rings. The second-order valence-corrected chi connectivity index (χ2v) is 8.56. The minimum absolute atomic E-state index is 0.0128. The Hall–Kier alpha value is -1.82. The summed E-state index contributed by atoms with van der Waals surface area (Å²) in [5, 5.41) is 2.78. The normalized spacial score (nSPS) is 23.9. The zero-order valence-corrected chi connectivity index (χ0v) is 15.0. The molecule has 0 radical (unpaired) electrons. The van der Waals surface area contributed by atoms with Gasteiger partial charge in [-0.1, -0.05) is 45.0 Å². The number of amides is 3. The molecule has 3 amide bonds. The minimum Gasteiger partial charge on any atom is -0.322 e. The third-order valence-corrected chi connectivity index (χ3v) is 5.83. The topological polar surface area (TPSA) is 66.5 Å². The van der Waals surface area contributed by atoms with E-state index in [-0.39, 0.29) is 23.7 Å². The van der Waals surface area contributed by atoms with Gasteiger partial charge in [-0.25, -0.2) is 4.79 Å². The zero-order valence-electron chi connectivity index (χ0n) is 14.2. The number of ketones is 1. The van der Waals surface area contributed by atoms with E-state index in [1.807, 2.05) is 12.1 Å². The molecule has 2 heterocycles. The quantitative estimate of drug-likeness (QED) is 0.675. The number of hydrogen-bond donors (Lipinski definition) is 1. The summed E-state index contributed by atoms with van der Waals surface area (Å²) >= 11 is 1.65. The van der Waals surface area contributed by atoms with Crippen molar-refractivity contribution in [2.75, 3.05) is 18.1 Å². The van der Waals surface area contributed by atoms with Gasteiger partial charge in [-0.15, -0.1) is 0 Å². The fourth-order valence-corrected chi connectivity index (χ4v) is 4.37. The number of thioether (sulfide) groups is 1. The molecule has 6 heteroatoms. The molecular weight excluding hydrogens is 324 g/mol. The smallest absolute Gasteiger partial charge is 0.322 e. The number of urea groups is 1. The second-order valence-electron chi connectivity index (χ2n) is 7.46. The van der Waals surface area contributed by atoms with Crippen LogP contribution in [0.15, 0.2) is 24.3 Å². The van der Waals surface area contributed by atoms with Crippen LogP contribution in [-0.2, 0) is 10.2 Å². The van der Waals surface area contributed by atoms with Crippen LogP contribution in [0.2, 0.25) is 0 Å². The summed E-state index contributed by atoms with van der Waals surface area (Å²) in [4.78, 5) is 38.2. The molecular formula is C18H22N2O3S. The number of nitrogens with one attached hydrogen (secondary N) is 1. The highest BCUT2D eigenvalue weighted by Crippen LogP contribution is 2.33. The van der Waals surface area contributed by atoms with Crippen LogP contribution in [0.25, 0.3) is 0 Å². The number of Topliss-reactive ketones (excluding diaryl/α,β-unsaturated/α-hetero) is 1. The molecule has 2 fully saturated rings. The van der Waals surface area contributed by atoms with Crippen molar-refractivity contribution >= 4 is 29.5 Å². The monoisotopic (exact) mass is 346 g/mol. The number of imide groups is 1. The van der Waals surface area contributed by atoms with Crippen LogP contribution in [0.5, 0.6) is 0 Å². The Morgan fingerprint density at radius 1 is 1.25 bits per heavy atom. The molecule has 5 nitrogen and oxygen atoms in total. The predicted octanol–water partition coefficient (Wildman–Crippen LogP) is 2.59. The van der Waals surface area contributed by atoms with E-state index in [1.54, 1.807) is 23.9 Å². The van der Waals surface area contributed by atoms with Gasteiger partial charge in [0.05, 0.1) is 6.54 Å². The SMILES string of the molecule is CC(C)(C)c1ccc(C(=O)CN2C(=O)NC3(CCSC3)C2=O)cc1. The summed E-state index contributed by atoms with van der Waals surface area (Å²) in [6.07, 6.45) is 0.632. The van der Waals surface area contributed by atoms with Gasteiger partial charge in [0.1, 0.15) is 5.54 Å². The third-order valence-electron chi connectivity index (χ3n) is 4.64. The van der Waals surface area contributed by atoms with Gasteiger partial charge in [-0.2, -0.15) is 11.8 Å². The van der Waals surface area contributed by atoms with E-state index >= 15 is 0 Å². The van der Waals surface area contributed by atoms with E-state index in [0.717, 1.165) is 16.2 Å². The Morgan fingerprint density at radius 3 is 2.46 bits per heavy atom. The Balaban J connectivity index is 1.73. The highest BCUT2D eigenvalue weighted by molar-refractivity contribution is 7.99. The lowest BCUT2D eigenvalue weighted by molar-refractivity contribution is -0.130. The van der Waals surface area contributed by atoms with E-state index in [0.29, 0.717) is 17.7 Å². The molecule has 0 aromatic heterocycles. The van der Waals surface area contributed by atoms with Crippen LogP contribution in [0.4, 0.5) is 4.79 Å². The van der Waals surface area contributed by atoms with E-state index < -0.39 is 11.6 Å². The van der Waals surface area contributed by atoms with Gasteiger partial charge in [0, 0.05) is 11.3 Å². The average molecular weight is 346 g/mol. The molecule has 0 aliphatic carbocycles. The van der Waals surface area contributed by atoms with Crippen LogP contribution >= 0.6 is 11.8 Å². The van der Waals surface area contributed by atoms with Crippen molar-refractivity contribution in [2.24, 2.45) is 0 Å². The van der Waals surface area contributed by atoms with Crippen molar-refractivity contribution in [1.29, 1.82) is 0 Å². The Labute approximate surface area is 146 Å². The molecule has 1 spiro atoms. The number of carbonyl (C=O) groups is 3. The van der Waals surface area contributed by atoms with Crippen LogP contribution in [0.3, 0.4) is 0 Å². The summed E-state index contributed by atoms with van der Waals surface area (Å²) in [5.41, 5.74) is 0.873. The minimum atomic E-state index is -0.794. The van der Waals surface area contributed by atoms with Gasteiger partial charge in [0.25, 0.3) is 5.91 Å². The maximum absolute atomic E-state index is 12.6. The van der Waals surface area contributed by atoms with Crippen molar-refractivity contribution in [2.45, 2.75) is 38.1 Å². The second kappa shape index (κ2) is 5.92. The first-order valence-corrected chi connectivity index (χ1v) is 9.24. The standard InChI is InChI=1S/C18H22N2O3S/c1-17(2,3)13-6-4-12(5-7-13)14(21)10-20-15(22)18(19-16(20)23)8-9-24-11-18/h4-7H,8-11H2,1-3H3,(H,19,23). The van der Waals surface area contributed by atoms with Gasteiger partial charge in [-0.05, 0) is 23.2 Å². The molecule has 2 aliphatic heterocycles. The number of benzene rings is 1. The number of hydrogen-bond acceptors (Lipinski definition) is 4. The summed E-state index contributed by atoms with van der Waals surface area (Å²) < 4.78 is 0. The molecule has 24 heavy (non-hydrogen) atoms. The average Bonchev–Trinajstić information content (AvgIpc) is 3.08. The largest absolute Gasteiger partial charge is 0.325 e. The van der Waals surface area contributed by atoms with Gasteiger partial charge < -0.3 is 5.32 Å². The van der Waals surface area contributed by atoms with Crippen molar-refractivity contribution in [1.82, 2.24) is 10.2 Å². The van der Waals surface area contributed by atoms with Crippen LogP contribution in [0.1, 0.15) is 43.1 Å². The molecule has 0 bridgehead atoms. The van der Waals surface area contributed by atoms with E-state index in [4.69, 9.17) is 0 Å². The van der Waals surface area contributed by atoms with Gasteiger partial charge in [0.15, 0.2) is 5.78 Å². The fraction of sp³-hybridized carbons (Fsp3) is 0.500. The first kappa shape index (κ1) is 17.0. The summed E-state index contributed by atoms with van der Waals surface area (Å²) in [6.45, 7) is 6.12. The number of rotatable bonds is 3. The first-order chi connectivity index (χ1) is 11.2. The molecule has 2 saturated heterocycles. The maximum Gasteiger partial charge on any atom is 0.325 e. The van der Waals surface area contributed by atoms with Crippen molar-refractivity contribution < 1.29 is 14.4 Å². The van der Waals surface area contributed by atoms with Crippen LogP contribution < -0.4 is 5.32 Å². The highest BCUT2D eigenvalue weighted by Gasteiger charge is 2.53. The molecule has 1 unspecified atom stereocenters. The highest BCUT2D eigenvalue weighted by atomic mass is 32.2. The van der Waals surface area contributed by atoms with E-state index in [2.05, 4.69) is 26.1 Å². The Bertz CT molecular complexity index is 685. The van der Waals surface area contributed by atoms with Crippen LogP contribution in [-0.4, -0.2) is 46.2 Å². The lowest BCUT2D eigenvalue weighted by Gasteiger charge is -2.20. The Kier molecular flexibility index (Phi) is 4.20. The summed E-state index contributed by atoms with van der Waals surface area (Å²) in [5.74, 6) is 0.948. The number of carbonyl (C=O) groups excluding carboxylic acids is 3. The summed E-state index contributed by atoms with van der Waals surface area (Å²) in [7, 11) is 0. The summed E-state index contributed by atoms with van der Waals surface area (Å²) in [6, 6.07) is 6.93. The first-order valence-electron chi connectivity index (χ1n) is 8.09. The molecule has 0 saturated carbocycles. The molecule has 3 rings (SSSR count). The van der Waals surface area contributed by atoms with Crippen molar-refractivity contribution in [3.05, 3.63) is 35.4 Å². The van der Waals surface area contributed by atoms with E-state index in [9.17, 15) is 14.4 Å². The zero-order chi connectivity index (χ0) is 17.5. The van der Waals surface area contributed by atoms with Gasteiger partial charge in [-0.3, -0.25) is 14.5 Å². The van der Waals surface area contributed by atoms with Crippen molar-refractivity contribution in [3.63, 3.8) is 0 Å². The van der Waals surface area contributed by atoms with Crippen molar-refractivity contribution in [3.8, 4) is 0 Å². The molecule has 128 valence electrons. The third kappa shape index (κ3) is 2.95. The fourth-order valence-electron chi connectivity index (χ4n) is 3.04.